The maximum atomic E-state index is 13.6. The molecule has 0 saturated carbocycles. The van der Waals surface area contributed by atoms with Crippen LogP contribution in [0.4, 0.5) is 4.39 Å². The predicted octanol–water partition coefficient (Wildman–Crippen LogP) is 4.37. The Morgan fingerprint density at radius 3 is 2.53 bits per heavy atom. The first-order valence-electron chi connectivity index (χ1n) is 13.3. The van der Waals surface area contributed by atoms with Crippen molar-refractivity contribution in [2.24, 2.45) is 5.92 Å². The van der Waals surface area contributed by atoms with Gasteiger partial charge in [0.05, 0.1) is 18.3 Å². The summed E-state index contributed by atoms with van der Waals surface area (Å²) in [7, 11) is 0. The van der Waals surface area contributed by atoms with Gasteiger partial charge in [-0.3, -0.25) is 14.5 Å². The van der Waals surface area contributed by atoms with E-state index in [1.54, 1.807) is 6.07 Å². The van der Waals surface area contributed by atoms with Crippen molar-refractivity contribution >= 4 is 23.2 Å². The molecular weight excluding hydrogens is 477 g/mol. The number of thiophene rings is 1. The first kappa shape index (κ1) is 25.4. The first-order valence-corrected chi connectivity index (χ1v) is 14.2. The van der Waals surface area contributed by atoms with E-state index in [0.717, 1.165) is 66.5 Å². The van der Waals surface area contributed by atoms with Gasteiger partial charge in [0.25, 0.3) is 0 Å². The molecule has 0 radical (unpaired) electrons. The minimum atomic E-state index is -0.211. The van der Waals surface area contributed by atoms with Gasteiger partial charge >= 0.3 is 0 Å². The number of rotatable bonds is 7. The van der Waals surface area contributed by atoms with Crippen LogP contribution in [0.5, 0.6) is 0 Å². The van der Waals surface area contributed by atoms with Crippen molar-refractivity contribution in [2.75, 3.05) is 13.1 Å². The molecule has 0 aromatic carbocycles. The summed E-state index contributed by atoms with van der Waals surface area (Å²) in [6, 6.07) is 4.62. The number of aromatic nitrogens is 2. The van der Waals surface area contributed by atoms with Crippen molar-refractivity contribution in [3.05, 3.63) is 39.4 Å². The summed E-state index contributed by atoms with van der Waals surface area (Å²) >= 11 is 1.12. The average Bonchev–Trinajstić information content (AvgIpc) is 3.47. The second-order valence-electron chi connectivity index (χ2n) is 11.0. The number of carbonyl (C=O) groups is 2. The van der Waals surface area contributed by atoms with E-state index in [-0.39, 0.29) is 28.9 Å². The fraction of sp³-hybridized carbons (Fsp3) is 0.667. The number of aryl methyl sites for hydroxylation is 1. The Morgan fingerprint density at radius 1 is 1.19 bits per heavy atom. The molecular formula is C27H38FN5O2S. The predicted molar refractivity (Wildman–Crippen MR) is 138 cm³/mol. The smallest absolute Gasteiger partial charge is 0.225 e. The molecule has 3 aliphatic rings. The van der Waals surface area contributed by atoms with Crippen LogP contribution in [-0.2, 0) is 22.6 Å². The van der Waals surface area contributed by atoms with Crippen LogP contribution in [0.25, 0.3) is 0 Å². The quantitative estimate of drug-likeness (QED) is 0.595. The molecule has 3 atom stereocenters. The number of hydrogen-bond donors (Lipinski definition) is 1. The molecule has 3 aliphatic heterocycles. The van der Waals surface area contributed by atoms with Crippen molar-refractivity contribution < 1.29 is 14.0 Å². The van der Waals surface area contributed by atoms with Crippen molar-refractivity contribution in [3.8, 4) is 0 Å². The number of hydrogen-bond acceptors (Lipinski definition) is 5. The average molecular weight is 516 g/mol. The highest BCUT2D eigenvalue weighted by Crippen LogP contribution is 2.43. The molecule has 1 N–H and O–H groups in total. The molecule has 9 heteroatoms. The molecule has 0 spiro atoms. The summed E-state index contributed by atoms with van der Waals surface area (Å²) < 4.78 is 16.1. The topological polar surface area (TPSA) is 70.5 Å². The van der Waals surface area contributed by atoms with Gasteiger partial charge in [-0.2, -0.15) is 4.39 Å². The van der Waals surface area contributed by atoms with Crippen LogP contribution in [0.3, 0.4) is 0 Å². The molecule has 0 aliphatic carbocycles. The Balaban J connectivity index is 1.26. The zero-order chi connectivity index (χ0) is 25.6. The monoisotopic (exact) mass is 515 g/mol. The van der Waals surface area contributed by atoms with Crippen molar-refractivity contribution in [2.45, 2.75) is 96.9 Å². The number of piperidine rings is 1. The molecule has 2 saturated heterocycles. The molecule has 7 nitrogen and oxygen atoms in total. The fourth-order valence-corrected chi connectivity index (χ4v) is 7.54. The SMILES string of the molecule is CC(=O)N[C@@H](CCN1C2CCC1CC(n1c(C)nc3c1CCN(C(=O)C(C)C)C3)C2)c1ccc(F)s1. The highest BCUT2D eigenvalue weighted by Gasteiger charge is 2.42. The number of imidazole rings is 1. The van der Waals surface area contributed by atoms with Gasteiger partial charge in [-0.1, -0.05) is 13.8 Å². The van der Waals surface area contributed by atoms with Crippen molar-refractivity contribution in [1.29, 1.82) is 0 Å². The van der Waals surface area contributed by atoms with Gasteiger partial charge in [0.1, 0.15) is 5.82 Å². The third-order valence-corrected chi connectivity index (χ3v) is 9.24. The molecule has 5 heterocycles. The van der Waals surface area contributed by atoms with Gasteiger partial charge in [0, 0.05) is 61.0 Å². The van der Waals surface area contributed by atoms with Gasteiger partial charge in [-0.05, 0) is 51.2 Å². The molecule has 2 unspecified atom stereocenters. The van der Waals surface area contributed by atoms with E-state index in [1.165, 1.54) is 31.5 Å². The van der Waals surface area contributed by atoms with Gasteiger partial charge in [-0.15, -0.1) is 11.3 Å². The molecule has 2 aromatic heterocycles. The van der Waals surface area contributed by atoms with E-state index < -0.39 is 0 Å². The third kappa shape index (κ3) is 4.96. The van der Waals surface area contributed by atoms with Gasteiger partial charge in [-0.25, -0.2) is 4.98 Å². The Hall–Kier alpha value is -2.26. The van der Waals surface area contributed by atoms with Gasteiger partial charge in [0.2, 0.25) is 11.8 Å². The number of amides is 2. The van der Waals surface area contributed by atoms with Crippen LogP contribution >= 0.6 is 11.3 Å². The van der Waals surface area contributed by atoms with Gasteiger partial charge < -0.3 is 14.8 Å². The summed E-state index contributed by atoms with van der Waals surface area (Å²) in [5.41, 5.74) is 2.40. The van der Waals surface area contributed by atoms with E-state index in [2.05, 4.69) is 21.7 Å². The standard InChI is InChI=1S/C27H38FN5O2S/c1-16(2)27(35)31-11-10-24-23(15-31)29-17(3)33(24)21-13-19-5-6-20(14-21)32(19)12-9-22(30-18(4)34)25-7-8-26(28)36-25/h7-8,16,19-22H,5-6,9-15H2,1-4H3,(H,30,34)/t19?,20?,21?,22-/m0/s1. The summed E-state index contributed by atoms with van der Waals surface area (Å²) in [5.74, 6) is 1.22. The first-order chi connectivity index (χ1) is 17.2. The lowest BCUT2D eigenvalue weighted by molar-refractivity contribution is -0.135. The Morgan fingerprint density at radius 2 is 1.92 bits per heavy atom. The minimum absolute atomic E-state index is 0.0127. The summed E-state index contributed by atoms with van der Waals surface area (Å²) in [6.07, 6.45) is 6.27. The highest BCUT2D eigenvalue weighted by molar-refractivity contribution is 7.10. The number of nitrogens with zero attached hydrogens (tertiary/aromatic N) is 4. The van der Waals surface area contributed by atoms with E-state index in [9.17, 15) is 14.0 Å². The zero-order valence-corrected chi connectivity index (χ0v) is 22.6. The van der Waals surface area contributed by atoms with Crippen LogP contribution in [0.2, 0.25) is 0 Å². The minimum Gasteiger partial charge on any atom is -0.349 e. The second kappa shape index (κ2) is 10.2. The van der Waals surface area contributed by atoms with Crippen molar-refractivity contribution in [3.63, 3.8) is 0 Å². The van der Waals surface area contributed by atoms with Crippen molar-refractivity contribution in [1.82, 2.24) is 24.7 Å². The normalized spacial score (nSPS) is 24.7. The van der Waals surface area contributed by atoms with E-state index in [4.69, 9.17) is 4.98 Å². The highest BCUT2D eigenvalue weighted by atomic mass is 32.1. The lowest BCUT2D eigenvalue weighted by Gasteiger charge is -2.41. The summed E-state index contributed by atoms with van der Waals surface area (Å²) in [4.78, 5) is 34.7. The van der Waals surface area contributed by atoms with Crippen LogP contribution in [-0.4, -0.2) is 56.3 Å². The molecule has 2 bridgehead atoms. The van der Waals surface area contributed by atoms with Crippen LogP contribution in [0.15, 0.2) is 12.1 Å². The number of nitrogens with one attached hydrogen (secondary N) is 1. The molecule has 2 fully saturated rings. The maximum absolute atomic E-state index is 13.6. The second-order valence-corrected chi connectivity index (χ2v) is 12.1. The number of carbonyl (C=O) groups excluding carboxylic acids is 2. The Labute approximate surface area is 217 Å². The number of halogens is 1. The van der Waals surface area contributed by atoms with E-state index in [1.807, 2.05) is 18.7 Å². The third-order valence-electron chi connectivity index (χ3n) is 8.25. The fourth-order valence-electron chi connectivity index (χ4n) is 6.72. The van der Waals surface area contributed by atoms with Crippen LogP contribution < -0.4 is 5.32 Å². The summed E-state index contributed by atoms with van der Waals surface area (Å²) in [6.45, 7) is 9.86. The van der Waals surface area contributed by atoms with E-state index in [0.29, 0.717) is 24.7 Å². The molecule has 2 aromatic rings. The molecule has 36 heavy (non-hydrogen) atoms. The summed E-state index contributed by atoms with van der Waals surface area (Å²) in [5, 5.41) is 2.82. The maximum Gasteiger partial charge on any atom is 0.225 e. The molecule has 2 amide bonds. The van der Waals surface area contributed by atoms with Crippen LogP contribution in [0, 0.1) is 18.0 Å². The van der Waals surface area contributed by atoms with E-state index >= 15 is 0 Å². The zero-order valence-electron chi connectivity index (χ0n) is 21.8. The lowest BCUT2D eigenvalue weighted by Crippen LogP contribution is -2.45. The van der Waals surface area contributed by atoms with Gasteiger partial charge in [0.15, 0.2) is 5.13 Å². The molecule has 5 rings (SSSR count). The largest absolute Gasteiger partial charge is 0.349 e. The Kier molecular flexibility index (Phi) is 7.23. The Bertz CT molecular complexity index is 1110. The number of fused-ring (bicyclic) bond motifs is 3. The molecule has 196 valence electrons. The lowest BCUT2D eigenvalue weighted by atomic mass is 9.95. The van der Waals surface area contributed by atoms with Crippen LogP contribution in [0.1, 0.15) is 87.0 Å².